The van der Waals surface area contributed by atoms with Gasteiger partial charge in [-0.25, -0.2) is 9.98 Å². The Kier molecular flexibility index (Phi) is 4.31. The summed E-state index contributed by atoms with van der Waals surface area (Å²) >= 11 is 1.57. The minimum Gasteiger partial charge on any atom is -0.370 e. The maximum Gasteiger partial charge on any atom is 0.219 e. The van der Waals surface area contributed by atoms with Crippen molar-refractivity contribution in [3.63, 3.8) is 0 Å². The number of nitrogens with zero attached hydrogens (tertiary/aromatic N) is 3. The summed E-state index contributed by atoms with van der Waals surface area (Å²) in [5.74, 6) is -0.0616. The van der Waals surface area contributed by atoms with Crippen molar-refractivity contribution in [1.82, 2.24) is 4.98 Å². The number of benzene rings is 1. The minimum absolute atomic E-state index is 0.0479. The third kappa shape index (κ3) is 3.55. The van der Waals surface area contributed by atoms with E-state index in [0.29, 0.717) is 0 Å². The van der Waals surface area contributed by atoms with Gasteiger partial charge in [-0.3, -0.25) is 0 Å². The van der Waals surface area contributed by atoms with Crippen molar-refractivity contribution >= 4 is 23.3 Å². The van der Waals surface area contributed by atoms with Crippen LogP contribution >= 0.6 is 11.3 Å². The summed E-state index contributed by atoms with van der Waals surface area (Å²) < 4.78 is 0. The molecule has 104 valence electrons. The second-order valence-electron chi connectivity index (χ2n) is 4.14. The highest BCUT2D eigenvalue weighted by atomic mass is 32.1. The molecule has 0 saturated carbocycles. The summed E-state index contributed by atoms with van der Waals surface area (Å²) in [4.78, 5) is 12.4. The zero-order chi connectivity index (χ0) is 14.5. The van der Waals surface area contributed by atoms with E-state index in [-0.39, 0.29) is 18.0 Å². The topological polar surface area (TPSA) is 116 Å². The van der Waals surface area contributed by atoms with Gasteiger partial charge in [0.1, 0.15) is 5.01 Å². The van der Waals surface area contributed by atoms with Crippen LogP contribution in [0.3, 0.4) is 0 Å². The van der Waals surface area contributed by atoms with Crippen LogP contribution in [0.5, 0.6) is 0 Å². The molecule has 0 aliphatic rings. The van der Waals surface area contributed by atoms with Crippen LogP contribution in [0, 0.1) is 0 Å². The van der Waals surface area contributed by atoms with E-state index in [4.69, 9.17) is 17.2 Å². The van der Waals surface area contributed by atoms with Crippen LogP contribution < -0.4 is 17.2 Å². The Labute approximate surface area is 121 Å². The smallest absolute Gasteiger partial charge is 0.219 e. The number of hydrogen-bond donors (Lipinski definition) is 3. The molecular weight excluding hydrogens is 272 g/mol. The predicted octanol–water partition coefficient (Wildman–Crippen LogP) is 1.46. The summed E-state index contributed by atoms with van der Waals surface area (Å²) in [6.45, 7) is 1.89. The van der Waals surface area contributed by atoms with E-state index in [9.17, 15) is 0 Å². The van der Waals surface area contributed by atoms with E-state index >= 15 is 0 Å². The Hall–Kier alpha value is -2.41. The molecule has 1 unspecified atom stereocenters. The molecular formula is C13H16N6S. The monoisotopic (exact) mass is 288 g/mol. The molecule has 7 heteroatoms. The molecule has 0 aliphatic carbocycles. The Balaban J connectivity index is 2.19. The predicted molar refractivity (Wildman–Crippen MR) is 83.4 cm³/mol. The molecule has 1 heterocycles. The van der Waals surface area contributed by atoms with Gasteiger partial charge in [0.05, 0.1) is 11.7 Å². The van der Waals surface area contributed by atoms with Crippen LogP contribution in [0.25, 0.3) is 10.6 Å². The van der Waals surface area contributed by atoms with Gasteiger partial charge in [0.25, 0.3) is 0 Å². The van der Waals surface area contributed by atoms with Crippen molar-refractivity contribution in [2.24, 2.45) is 27.2 Å². The lowest BCUT2D eigenvalue weighted by Gasteiger charge is -2.02. The second kappa shape index (κ2) is 6.16. The molecule has 6 nitrogen and oxygen atoms in total. The average Bonchev–Trinajstić information content (AvgIpc) is 2.88. The first-order valence-corrected chi connectivity index (χ1v) is 6.88. The van der Waals surface area contributed by atoms with E-state index in [0.717, 1.165) is 16.3 Å². The molecule has 2 rings (SSSR count). The highest BCUT2D eigenvalue weighted by Crippen LogP contribution is 2.27. The number of aromatic nitrogens is 1. The lowest BCUT2D eigenvalue weighted by molar-refractivity contribution is 0.789. The molecule has 0 saturated heterocycles. The highest BCUT2D eigenvalue weighted by molar-refractivity contribution is 7.13. The molecule has 0 radical (unpaired) electrons. The molecule has 1 aromatic heterocycles. The SMILES string of the molecule is CC(N=C(N)N=C(N)N)c1csc(-c2ccccc2)n1. The molecule has 0 aliphatic heterocycles. The van der Waals surface area contributed by atoms with Gasteiger partial charge >= 0.3 is 0 Å². The first-order chi connectivity index (χ1) is 9.56. The molecule has 20 heavy (non-hydrogen) atoms. The number of guanidine groups is 2. The second-order valence-corrected chi connectivity index (χ2v) is 5.00. The molecule has 0 fully saturated rings. The number of rotatable bonds is 3. The Morgan fingerprint density at radius 3 is 2.55 bits per heavy atom. The largest absolute Gasteiger partial charge is 0.370 e. The third-order valence-electron chi connectivity index (χ3n) is 2.54. The van der Waals surface area contributed by atoms with E-state index in [1.807, 2.05) is 42.6 Å². The van der Waals surface area contributed by atoms with Crippen molar-refractivity contribution < 1.29 is 0 Å². The normalized spacial score (nSPS) is 12.9. The lowest BCUT2D eigenvalue weighted by atomic mass is 10.2. The summed E-state index contributed by atoms with van der Waals surface area (Å²) in [6.07, 6.45) is 0. The van der Waals surface area contributed by atoms with Gasteiger partial charge in [-0.1, -0.05) is 30.3 Å². The standard InChI is InChI=1S/C13H16N6S/c1-8(17-13(16)19-12(14)15)10-7-20-11(18-10)9-5-3-2-4-6-9/h2-8H,1H3,(H6,14,15,16,17,19). The third-order valence-corrected chi connectivity index (χ3v) is 3.45. The van der Waals surface area contributed by atoms with Crippen molar-refractivity contribution in [3.05, 3.63) is 41.4 Å². The fraction of sp³-hybridized carbons (Fsp3) is 0.154. The molecule has 0 bridgehead atoms. The van der Waals surface area contributed by atoms with Gasteiger partial charge in [0.15, 0.2) is 5.96 Å². The number of aliphatic imine (C=N–C) groups is 2. The summed E-state index contributed by atoms with van der Waals surface area (Å²) in [7, 11) is 0. The number of nitrogens with two attached hydrogens (primary N) is 3. The van der Waals surface area contributed by atoms with Crippen molar-refractivity contribution in [1.29, 1.82) is 0 Å². The van der Waals surface area contributed by atoms with Crippen LogP contribution in [0.15, 0.2) is 45.7 Å². The first-order valence-electron chi connectivity index (χ1n) is 6.00. The average molecular weight is 288 g/mol. The highest BCUT2D eigenvalue weighted by Gasteiger charge is 2.10. The maximum atomic E-state index is 5.61. The van der Waals surface area contributed by atoms with Crippen molar-refractivity contribution in [2.45, 2.75) is 13.0 Å². The van der Waals surface area contributed by atoms with Gasteiger partial charge in [0, 0.05) is 10.9 Å². The number of hydrogen-bond acceptors (Lipinski definition) is 3. The lowest BCUT2D eigenvalue weighted by Crippen LogP contribution is -2.26. The van der Waals surface area contributed by atoms with E-state index in [1.54, 1.807) is 11.3 Å². The van der Waals surface area contributed by atoms with Crippen molar-refractivity contribution in [3.8, 4) is 10.6 Å². The van der Waals surface area contributed by atoms with E-state index < -0.39 is 0 Å². The van der Waals surface area contributed by atoms with Crippen LogP contribution in [-0.2, 0) is 0 Å². The van der Waals surface area contributed by atoms with Gasteiger partial charge in [0.2, 0.25) is 5.96 Å². The van der Waals surface area contributed by atoms with Gasteiger partial charge in [-0.05, 0) is 6.92 Å². The quantitative estimate of drug-likeness (QED) is 0.585. The Bertz CT molecular complexity index is 627. The van der Waals surface area contributed by atoms with Crippen LogP contribution in [0.4, 0.5) is 0 Å². The molecule has 2 aromatic rings. The zero-order valence-electron chi connectivity index (χ0n) is 11.0. The maximum absolute atomic E-state index is 5.61. The summed E-state index contributed by atoms with van der Waals surface area (Å²) in [6, 6.07) is 9.77. The van der Waals surface area contributed by atoms with Crippen molar-refractivity contribution in [2.75, 3.05) is 0 Å². The fourth-order valence-corrected chi connectivity index (χ4v) is 2.53. The van der Waals surface area contributed by atoms with Gasteiger partial charge < -0.3 is 17.2 Å². The fourth-order valence-electron chi connectivity index (χ4n) is 1.62. The molecule has 0 amide bonds. The van der Waals surface area contributed by atoms with Gasteiger partial charge in [-0.2, -0.15) is 4.99 Å². The Morgan fingerprint density at radius 2 is 1.90 bits per heavy atom. The first kappa shape index (κ1) is 14.0. The van der Waals surface area contributed by atoms with E-state index in [2.05, 4.69) is 15.0 Å². The molecule has 6 N–H and O–H groups in total. The molecule has 0 spiro atoms. The van der Waals surface area contributed by atoms with Crippen LogP contribution in [0.2, 0.25) is 0 Å². The van der Waals surface area contributed by atoms with E-state index in [1.165, 1.54) is 0 Å². The Morgan fingerprint density at radius 1 is 1.20 bits per heavy atom. The summed E-state index contributed by atoms with van der Waals surface area (Å²) in [5.41, 5.74) is 18.0. The molecule has 1 atom stereocenters. The number of thiazole rings is 1. The summed E-state index contributed by atoms with van der Waals surface area (Å²) in [5, 5.41) is 2.90. The van der Waals surface area contributed by atoms with Crippen LogP contribution in [-0.4, -0.2) is 16.9 Å². The minimum atomic E-state index is -0.202. The van der Waals surface area contributed by atoms with Gasteiger partial charge in [-0.15, -0.1) is 11.3 Å². The molecule has 1 aromatic carbocycles. The van der Waals surface area contributed by atoms with Crippen LogP contribution in [0.1, 0.15) is 18.7 Å². The zero-order valence-corrected chi connectivity index (χ0v) is 11.8.